The van der Waals surface area contributed by atoms with Gasteiger partial charge in [0.15, 0.2) is 0 Å². The summed E-state index contributed by atoms with van der Waals surface area (Å²) in [6, 6.07) is 11.8. The molecule has 2 aromatic carbocycles. The Balaban J connectivity index is 2.40. The zero-order chi connectivity index (χ0) is 13.3. The van der Waals surface area contributed by atoms with Gasteiger partial charge in [-0.05, 0) is 43.5 Å². The average Bonchev–Trinajstić information content (AvgIpc) is 2.30. The van der Waals surface area contributed by atoms with E-state index in [1.54, 1.807) is 0 Å². The monoisotopic (exact) mass is 260 g/mol. The van der Waals surface area contributed by atoms with Crippen molar-refractivity contribution < 1.29 is 5.11 Å². The van der Waals surface area contributed by atoms with Crippen LogP contribution in [-0.2, 0) is 0 Å². The van der Waals surface area contributed by atoms with Crippen LogP contribution in [0.5, 0.6) is 0 Å². The molecular weight excluding hydrogens is 244 g/mol. The molecule has 0 aromatic heterocycles. The van der Waals surface area contributed by atoms with Crippen LogP contribution in [0.3, 0.4) is 0 Å². The number of aliphatic hydroxyl groups is 1. The first kappa shape index (κ1) is 13.1. The molecule has 94 valence electrons. The minimum absolute atomic E-state index is 0.598. The predicted octanol–water partition coefficient (Wildman–Crippen LogP) is 4.35. The fourth-order valence-corrected chi connectivity index (χ4v) is 2.32. The third kappa shape index (κ3) is 2.74. The lowest BCUT2D eigenvalue weighted by Gasteiger charge is -2.14. The van der Waals surface area contributed by atoms with Gasteiger partial charge in [0.05, 0.1) is 0 Å². The smallest absolute Gasteiger partial charge is 0.104 e. The fourth-order valence-electron chi connectivity index (χ4n) is 2.20. The van der Waals surface area contributed by atoms with Crippen LogP contribution >= 0.6 is 11.6 Å². The van der Waals surface area contributed by atoms with Crippen LogP contribution < -0.4 is 0 Å². The number of hydrogen-bond acceptors (Lipinski definition) is 1. The molecule has 0 radical (unpaired) electrons. The average molecular weight is 261 g/mol. The molecule has 2 aromatic rings. The van der Waals surface area contributed by atoms with Gasteiger partial charge in [-0.15, -0.1) is 0 Å². The van der Waals surface area contributed by atoms with E-state index in [2.05, 4.69) is 6.07 Å². The van der Waals surface area contributed by atoms with E-state index in [1.807, 2.05) is 51.1 Å². The number of aliphatic hydroxyl groups excluding tert-OH is 1. The van der Waals surface area contributed by atoms with Crippen molar-refractivity contribution in [3.63, 3.8) is 0 Å². The van der Waals surface area contributed by atoms with Gasteiger partial charge in [0.2, 0.25) is 0 Å². The zero-order valence-corrected chi connectivity index (χ0v) is 11.6. The first-order chi connectivity index (χ1) is 8.47. The number of aryl methyl sites for hydroxylation is 3. The van der Waals surface area contributed by atoms with E-state index in [0.717, 1.165) is 32.8 Å². The van der Waals surface area contributed by atoms with E-state index in [0.29, 0.717) is 0 Å². The highest BCUT2D eigenvalue weighted by atomic mass is 35.5. The predicted molar refractivity (Wildman–Crippen MR) is 76.2 cm³/mol. The van der Waals surface area contributed by atoms with Crippen molar-refractivity contribution in [1.82, 2.24) is 0 Å². The van der Waals surface area contributed by atoms with Crippen molar-refractivity contribution in [1.29, 1.82) is 0 Å². The molecule has 0 spiro atoms. The molecule has 1 N–H and O–H groups in total. The highest BCUT2D eigenvalue weighted by Crippen LogP contribution is 2.26. The largest absolute Gasteiger partial charge is 0.384 e. The van der Waals surface area contributed by atoms with Crippen LogP contribution in [0.2, 0.25) is 5.02 Å². The first-order valence-corrected chi connectivity index (χ1v) is 6.37. The Morgan fingerprint density at radius 1 is 0.889 bits per heavy atom. The standard InChI is InChI=1S/C16H17ClO/c1-10-6-11(2)8-14(7-10)16(18)13-4-5-15(17)12(3)9-13/h4-9,16,18H,1-3H3. The molecule has 0 bridgehead atoms. The molecule has 1 unspecified atom stereocenters. The number of benzene rings is 2. The third-order valence-corrected chi connectivity index (χ3v) is 3.48. The molecule has 0 amide bonds. The van der Waals surface area contributed by atoms with Gasteiger partial charge >= 0.3 is 0 Å². The summed E-state index contributed by atoms with van der Waals surface area (Å²) in [5.41, 5.74) is 5.11. The second-order valence-electron chi connectivity index (χ2n) is 4.83. The van der Waals surface area contributed by atoms with Crippen LogP contribution in [0.1, 0.15) is 33.9 Å². The van der Waals surface area contributed by atoms with Crippen LogP contribution in [0, 0.1) is 20.8 Å². The van der Waals surface area contributed by atoms with Gasteiger partial charge in [0.1, 0.15) is 6.10 Å². The zero-order valence-electron chi connectivity index (χ0n) is 10.9. The summed E-state index contributed by atoms with van der Waals surface area (Å²) in [5.74, 6) is 0. The molecule has 0 aliphatic rings. The molecule has 1 atom stereocenters. The van der Waals surface area contributed by atoms with E-state index in [9.17, 15) is 5.11 Å². The molecule has 2 rings (SSSR count). The van der Waals surface area contributed by atoms with Gasteiger partial charge in [0.25, 0.3) is 0 Å². The third-order valence-electron chi connectivity index (χ3n) is 3.06. The lowest BCUT2D eigenvalue weighted by Crippen LogP contribution is -2.01. The van der Waals surface area contributed by atoms with Crippen LogP contribution in [0.4, 0.5) is 0 Å². The number of hydrogen-bond donors (Lipinski definition) is 1. The maximum absolute atomic E-state index is 10.4. The van der Waals surface area contributed by atoms with Crippen LogP contribution in [0.15, 0.2) is 36.4 Å². The molecule has 0 aliphatic carbocycles. The summed E-state index contributed by atoms with van der Waals surface area (Å²) in [6.45, 7) is 6.02. The second-order valence-corrected chi connectivity index (χ2v) is 5.24. The van der Waals surface area contributed by atoms with Crippen LogP contribution in [0.25, 0.3) is 0 Å². The minimum atomic E-state index is -0.598. The Bertz CT molecular complexity index is 555. The summed E-state index contributed by atoms with van der Waals surface area (Å²) in [7, 11) is 0. The van der Waals surface area contributed by atoms with Gasteiger partial charge in [-0.1, -0.05) is 53.1 Å². The lowest BCUT2D eigenvalue weighted by molar-refractivity contribution is 0.220. The van der Waals surface area contributed by atoms with Crippen molar-refractivity contribution in [2.75, 3.05) is 0 Å². The Labute approximate surface area is 113 Å². The molecule has 2 heteroatoms. The Hall–Kier alpha value is -1.31. The lowest BCUT2D eigenvalue weighted by atomic mass is 9.97. The Kier molecular flexibility index (Phi) is 3.74. The normalized spacial score (nSPS) is 12.5. The van der Waals surface area contributed by atoms with Crippen molar-refractivity contribution in [2.45, 2.75) is 26.9 Å². The Morgan fingerprint density at radius 2 is 1.50 bits per heavy atom. The van der Waals surface area contributed by atoms with Gasteiger partial charge < -0.3 is 5.11 Å². The summed E-state index contributed by atoms with van der Waals surface area (Å²) < 4.78 is 0. The van der Waals surface area contributed by atoms with Gasteiger partial charge in [-0.3, -0.25) is 0 Å². The fraction of sp³-hybridized carbons (Fsp3) is 0.250. The Morgan fingerprint density at radius 3 is 2.06 bits per heavy atom. The molecule has 0 saturated heterocycles. The van der Waals surface area contributed by atoms with Gasteiger partial charge in [0, 0.05) is 5.02 Å². The maximum Gasteiger partial charge on any atom is 0.104 e. The number of halogens is 1. The maximum atomic E-state index is 10.4. The van der Waals surface area contributed by atoms with Crippen molar-refractivity contribution >= 4 is 11.6 Å². The summed E-state index contributed by atoms with van der Waals surface area (Å²) >= 11 is 6.00. The molecule has 0 fully saturated rings. The quantitative estimate of drug-likeness (QED) is 0.851. The summed E-state index contributed by atoms with van der Waals surface area (Å²) in [5, 5.41) is 11.1. The second kappa shape index (κ2) is 5.13. The van der Waals surface area contributed by atoms with E-state index >= 15 is 0 Å². The summed E-state index contributed by atoms with van der Waals surface area (Å²) in [4.78, 5) is 0. The molecule has 18 heavy (non-hydrogen) atoms. The van der Waals surface area contributed by atoms with E-state index in [-0.39, 0.29) is 0 Å². The molecule has 0 saturated carbocycles. The molecule has 0 heterocycles. The van der Waals surface area contributed by atoms with Gasteiger partial charge in [-0.25, -0.2) is 0 Å². The minimum Gasteiger partial charge on any atom is -0.384 e. The molecular formula is C16H17ClO. The highest BCUT2D eigenvalue weighted by molar-refractivity contribution is 6.31. The van der Waals surface area contributed by atoms with Crippen molar-refractivity contribution in [3.05, 3.63) is 69.2 Å². The first-order valence-electron chi connectivity index (χ1n) is 5.99. The van der Waals surface area contributed by atoms with Crippen LogP contribution in [-0.4, -0.2) is 5.11 Å². The topological polar surface area (TPSA) is 20.2 Å². The van der Waals surface area contributed by atoms with E-state index in [1.165, 1.54) is 0 Å². The number of rotatable bonds is 2. The molecule has 1 nitrogen and oxygen atoms in total. The van der Waals surface area contributed by atoms with Gasteiger partial charge in [-0.2, -0.15) is 0 Å². The van der Waals surface area contributed by atoms with E-state index < -0.39 is 6.10 Å². The van der Waals surface area contributed by atoms with E-state index in [4.69, 9.17) is 11.6 Å². The SMILES string of the molecule is Cc1cc(C)cc(C(O)c2ccc(Cl)c(C)c2)c1. The highest BCUT2D eigenvalue weighted by Gasteiger charge is 2.12. The van der Waals surface area contributed by atoms with Crippen molar-refractivity contribution in [3.8, 4) is 0 Å². The summed E-state index contributed by atoms with van der Waals surface area (Å²) in [6.07, 6.45) is -0.598. The van der Waals surface area contributed by atoms with Crippen molar-refractivity contribution in [2.24, 2.45) is 0 Å². The molecule has 0 aliphatic heterocycles.